The van der Waals surface area contributed by atoms with Gasteiger partial charge in [0.25, 0.3) is 0 Å². The fraction of sp³-hybridized carbons (Fsp3) is 0.846. The standard InChI is InChI=1S/C13H22N2O5S/c1-14(11-4-6-21(19,20)9-11)12(16)8-15-5-2-3-10(15)7-13(17)18/h10-11H,2-9H2,1H3,(H,17,18). The Hall–Kier alpha value is -1.15. The number of aliphatic carboxylic acids is 1. The minimum absolute atomic E-state index is 0.0355. The maximum atomic E-state index is 12.3. The third-order valence-corrected chi connectivity index (χ3v) is 6.15. The van der Waals surface area contributed by atoms with Crippen LogP contribution in [0.15, 0.2) is 0 Å². The van der Waals surface area contributed by atoms with E-state index < -0.39 is 15.8 Å². The summed E-state index contributed by atoms with van der Waals surface area (Å²) in [5.41, 5.74) is 0. The Morgan fingerprint density at radius 1 is 1.33 bits per heavy atom. The molecule has 2 atom stereocenters. The van der Waals surface area contributed by atoms with E-state index >= 15 is 0 Å². The minimum atomic E-state index is -3.01. The molecule has 7 nitrogen and oxygen atoms in total. The molecule has 2 fully saturated rings. The average Bonchev–Trinajstić information content (AvgIpc) is 2.95. The highest BCUT2D eigenvalue weighted by Gasteiger charge is 2.34. The number of sulfone groups is 1. The second-order valence-corrected chi connectivity index (χ2v) is 8.15. The smallest absolute Gasteiger partial charge is 0.304 e. The quantitative estimate of drug-likeness (QED) is 0.739. The van der Waals surface area contributed by atoms with Crippen LogP contribution in [0, 0.1) is 0 Å². The summed E-state index contributed by atoms with van der Waals surface area (Å²) < 4.78 is 22.9. The van der Waals surface area contributed by atoms with Crippen molar-refractivity contribution in [3.8, 4) is 0 Å². The predicted molar refractivity (Wildman–Crippen MR) is 76.7 cm³/mol. The van der Waals surface area contributed by atoms with Gasteiger partial charge in [0.2, 0.25) is 5.91 Å². The Kier molecular flexibility index (Phi) is 4.88. The second-order valence-electron chi connectivity index (χ2n) is 5.93. The molecule has 2 rings (SSSR count). The van der Waals surface area contributed by atoms with Crippen LogP contribution in [0.1, 0.15) is 25.7 Å². The van der Waals surface area contributed by atoms with Crippen molar-refractivity contribution in [3.05, 3.63) is 0 Å². The molecule has 8 heteroatoms. The molecule has 2 unspecified atom stereocenters. The lowest BCUT2D eigenvalue weighted by molar-refractivity contribution is -0.139. The molecule has 0 spiro atoms. The van der Waals surface area contributed by atoms with Gasteiger partial charge in [-0.1, -0.05) is 0 Å². The van der Waals surface area contributed by atoms with Crippen molar-refractivity contribution in [2.75, 3.05) is 31.6 Å². The Bertz CT molecular complexity index is 519. The zero-order chi connectivity index (χ0) is 15.6. The van der Waals surface area contributed by atoms with Crippen LogP contribution in [0.3, 0.4) is 0 Å². The molecule has 1 N–H and O–H groups in total. The van der Waals surface area contributed by atoms with Gasteiger partial charge in [-0.25, -0.2) is 8.42 Å². The molecule has 0 aromatic heterocycles. The summed E-state index contributed by atoms with van der Waals surface area (Å²) in [5, 5.41) is 8.88. The van der Waals surface area contributed by atoms with Gasteiger partial charge in [0, 0.05) is 19.1 Å². The lowest BCUT2D eigenvalue weighted by atomic mass is 10.1. The van der Waals surface area contributed by atoms with E-state index in [4.69, 9.17) is 5.11 Å². The first-order valence-corrected chi connectivity index (χ1v) is 9.02. The SMILES string of the molecule is CN(C(=O)CN1CCCC1CC(=O)O)C1CCS(=O)(=O)C1. The summed E-state index contributed by atoms with van der Waals surface area (Å²) in [6, 6.07) is -0.338. The number of likely N-dealkylation sites (N-methyl/N-ethyl adjacent to an activating group) is 1. The largest absolute Gasteiger partial charge is 0.481 e. The molecule has 21 heavy (non-hydrogen) atoms. The number of carbonyl (C=O) groups is 2. The van der Waals surface area contributed by atoms with Crippen LogP contribution in [-0.4, -0.2) is 78.9 Å². The van der Waals surface area contributed by atoms with Crippen LogP contribution in [0.25, 0.3) is 0 Å². The summed E-state index contributed by atoms with van der Waals surface area (Å²) in [6.07, 6.45) is 2.23. The maximum Gasteiger partial charge on any atom is 0.304 e. The lowest BCUT2D eigenvalue weighted by Crippen LogP contribution is -2.45. The molecule has 0 aromatic carbocycles. The van der Waals surface area contributed by atoms with Crippen molar-refractivity contribution in [2.45, 2.75) is 37.8 Å². The molecule has 2 saturated heterocycles. The molecule has 2 heterocycles. The molecule has 0 radical (unpaired) electrons. The van der Waals surface area contributed by atoms with Crippen LogP contribution >= 0.6 is 0 Å². The van der Waals surface area contributed by atoms with Crippen LogP contribution in [0.5, 0.6) is 0 Å². The van der Waals surface area contributed by atoms with Crippen molar-refractivity contribution >= 4 is 21.7 Å². The number of rotatable bonds is 5. The molecular weight excluding hydrogens is 296 g/mol. The summed E-state index contributed by atoms with van der Waals surface area (Å²) in [7, 11) is -1.38. The van der Waals surface area contributed by atoms with Crippen molar-refractivity contribution in [3.63, 3.8) is 0 Å². The molecule has 0 bridgehead atoms. The highest BCUT2D eigenvalue weighted by Crippen LogP contribution is 2.21. The van der Waals surface area contributed by atoms with Crippen LogP contribution in [-0.2, 0) is 19.4 Å². The Balaban J connectivity index is 1.90. The minimum Gasteiger partial charge on any atom is -0.481 e. The predicted octanol–water partition coefficient (Wildman–Crippen LogP) is -0.429. The summed E-state index contributed by atoms with van der Waals surface area (Å²) >= 11 is 0. The van der Waals surface area contributed by atoms with Gasteiger partial charge in [0.1, 0.15) is 0 Å². The first-order valence-electron chi connectivity index (χ1n) is 7.20. The zero-order valence-corrected chi connectivity index (χ0v) is 13.0. The molecule has 120 valence electrons. The van der Waals surface area contributed by atoms with Crippen LogP contribution in [0.2, 0.25) is 0 Å². The van der Waals surface area contributed by atoms with E-state index in [9.17, 15) is 18.0 Å². The van der Waals surface area contributed by atoms with Gasteiger partial charge >= 0.3 is 5.97 Å². The van der Waals surface area contributed by atoms with E-state index in [-0.39, 0.29) is 42.5 Å². The summed E-state index contributed by atoms with van der Waals surface area (Å²) in [6.45, 7) is 0.894. The first kappa shape index (κ1) is 16.2. The molecule has 2 aliphatic heterocycles. The second kappa shape index (κ2) is 6.31. The van der Waals surface area contributed by atoms with E-state index in [0.29, 0.717) is 6.42 Å². The van der Waals surface area contributed by atoms with Gasteiger partial charge in [-0.15, -0.1) is 0 Å². The van der Waals surface area contributed by atoms with Crippen molar-refractivity contribution < 1.29 is 23.1 Å². The number of carboxylic acids is 1. The number of nitrogens with zero attached hydrogens (tertiary/aromatic N) is 2. The fourth-order valence-corrected chi connectivity index (χ4v) is 4.88. The number of hydrogen-bond acceptors (Lipinski definition) is 5. The van der Waals surface area contributed by atoms with Crippen LogP contribution < -0.4 is 0 Å². The number of carbonyl (C=O) groups excluding carboxylic acids is 1. The molecule has 0 aliphatic carbocycles. The van der Waals surface area contributed by atoms with E-state index in [0.717, 1.165) is 19.4 Å². The first-order chi connectivity index (χ1) is 9.78. The molecule has 0 aromatic rings. The monoisotopic (exact) mass is 318 g/mol. The number of amides is 1. The van der Waals surface area contributed by atoms with Gasteiger partial charge in [-0.2, -0.15) is 0 Å². The topological polar surface area (TPSA) is 95.0 Å². The average molecular weight is 318 g/mol. The third kappa shape index (κ3) is 4.16. The van der Waals surface area contributed by atoms with E-state index in [1.165, 1.54) is 4.90 Å². The summed E-state index contributed by atoms with van der Waals surface area (Å²) in [4.78, 5) is 26.5. The number of likely N-dealkylation sites (tertiary alicyclic amines) is 1. The van der Waals surface area contributed by atoms with Crippen molar-refractivity contribution in [1.82, 2.24) is 9.80 Å². The molecule has 0 saturated carbocycles. The Labute approximate surface area is 124 Å². The van der Waals surface area contributed by atoms with Gasteiger partial charge in [0.15, 0.2) is 9.84 Å². The van der Waals surface area contributed by atoms with E-state index in [1.807, 2.05) is 4.90 Å². The maximum absolute atomic E-state index is 12.3. The van der Waals surface area contributed by atoms with Crippen LogP contribution in [0.4, 0.5) is 0 Å². The highest BCUT2D eigenvalue weighted by atomic mass is 32.2. The number of hydrogen-bond donors (Lipinski definition) is 1. The molecule has 2 aliphatic rings. The van der Waals surface area contributed by atoms with Gasteiger partial charge < -0.3 is 10.0 Å². The van der Waals surface area contributed by atoms with E-state index in [2.05, 4.69) is 0 Å². The molecule has 1 amide bonds. The van der Waals surface area contributed by atoms with E-state index in [1.54, 1.807) is 7.05 Å². The highest BCUT2D eigenvalue weighted by molar-refractivity contribution is 7.91. The Morgan fingerprint density at radius 3 is 2.62 bits per heavy atom. The van der Waals surface area contributed by atoms with Crippen molar-refractivity contribution in [2.24, 2.45) is 0 Å². The number of carboxylic acid groups (broad SMARTS) is 1. The van der Waals surface area contributed by atoms with Gasteiger partial charge in [-0.05, 0) is 25.8 Å². The zero-order valence-electron chi connectivity index (χ0n) is 12.2. The summed E-state index contributed by atoms with van der Waals surface area (Å²) in [5.74, 6) is -0.807. The Morgan fingerprint density at radius 2 is 2.05 bits per heavy atom. The van der Waals surface area contributed by atoms with Gasteiger partial charge in [-0.3, -0.25) is 14.5 Å². The fourth-order valence-electron chi connectivity index (χ4n) is 3.11. The molecular formula is C13H22N2O5S. The normalized spacial score (nSPS) is 28.6. The van der Waals surface area contributed by atoms with Crippen molar-refractivity contribution in [1.29, 1.82) is 0 Å². The third-order valence-electron chi connectivity index (χ3n) is 4.40. The lowest BCUT2D eigenvalue weighted by Gasteiger charge is -2.28. The van der Waals surface area contributed by atoms with Gasteiger partial charge in [0.05, 0.1) is 24.5 Å².